The molecule has 1 spiro atoms. The van der Waals surface area contributed by atoms with Gasteiger partial charge in [0.25, 0.3) is 0 Å². The van der Waals surface area contributed by atoms with Crippen LogP contribution < -0.4 is 5.32 Å². The standard InChI is InChI=1S/C24H35NO5/c1-12(2)8-17-21-15(5)14(4)10-16-9-13(3)6-7-18(26)19(27)11-20(28)22(29)24(16,21)23(30)25-17/h9-10,12,15-17,19-21,27-28H,6-8,11H2,1-5H3,(H,25,30)/b13-9+/t15-,16+,17+,19+,20-,21+,24+/m1/s1. The highest BCUT2D eigenvalue weighted by Gasteiger charge is 2.66. The first-order valence-electron chi connectivity index (χ1n) is 11.1. The fourth-order valence-electron chi connectivity index (χ4n) is 5.75. The molecule has 3 aliphatic rings. The Hall–Kier alpha value is -1.79. The van der Waals surface area contributed by atoms with E-state index < -0.39 is 29.3 Å². The van der Waals surface area contributed by atoms with Crippen LogP contribution >= 0.6 is 0 Å². The summed E-state index contributed by atoms with van der Waals surface area (Å²) >= 11 is 0. The first kappa shape index (κ1) is 22.9. The highest BCUT2D eigenvalue weighted by molar-refractivity contribution is 6.11. The first-order valence-corrected chi connectivity index (χ1v) is 11.1. The number of hydrogen-bond donors (Lipinski definition) is 3. The molecule has 30 heavy (non-hydrogen) atoms. The van der Waals surface area contributed by atoms with Crippen LogP contribution in [0.3, 0.4) is 0 Å². The average Bonchev–Trinajstić information content (AvgIpc) is 2.94. The van der Waals surface area contributed by atoms with Crippen molar-refractivity contribution in [3.05, 3.63) is 23.3 Å². The summed E-state index contributed by atoms with van der Waals surface area (Å²) in [5.41, 5.74) is 0.608. The van der Waals surface area contributed by atoms with Gasteiger partial charge in [-0.2, -0.15) is 0 Å². The van der Waals surface area contributed by atoms with Crippen molar-refractivity contribution in [3.63, 3.8) is 0 Å². The van der Waals surface area contributed by atoms with Gasteiger partial charge >= 0.3 is 0 Å². The van der Waals surface area contributed by atoms with Crippen molar-refractivity contribution in [1.82, 2.24) is 5.32 Å². The summed E-state index contributed by atoms with van der Waals surface area (Å²) < 4.78 is 0. The Morgan fingerprint density at radius 1 is 1.10 bits per heavy atom. The van der Waals surface area contributed by atoms with Crippen LogP contribution in [-0.2, 0) is 14.4 Å². The number of allylic oxidation sites excluding steroid dienone is 4. The minimum atomic E-state index is -1.57. The van der Waals surface area contributed by atoms with Gasteiger partial charge in [0.15, 0.2) is 11.6 Å². The molecule has 1 aliphatic heterocycles. The van der Waals surface area contributed by atoms with Crippen molar-refractivity contribution in [3.8, 4) is 0 Å². The summed E-state index contributed by atoms with van der Waals surface area (Å²) in [6.07, 6.45) is 1.93. The van der Waals surface area contributed by atoms with E-state index in [9.17, 15) is 24.6 Å². The quantitative estimate of drug-likeness (QED) is 0.473. The lowest BCUT2D eigenvalue weighted by Crippen LogP contribution is -2.56. The Kier molecular flexibility index (Phi) is 6.40. The highest BCUT2D eigenvalue weighted by Crippen LogP contribution is 2.55. The van der Waals surface area contributed by atoms with Crippen LogP contribution in [0.5, 0.6) is 0 Å². The summed E-state index contributed by atoms with van der Waals surface area (Å²) in [5.74, 6) is -1.75. The Morgan fingerprint density at radius 2 is 1.77 bits per heavy atom. The number of Topliss-reactive ketones (excluding diaryl/α,β-unsaturated/α-hetero) is 2. The minimum Gasteiger partial charge on any atom is -0.385 e. The van der Waals surface area contributed by atoms with E-state index in [2.05, 4.69) is 19.2 Å². The summed E-state index contributed by atoms with van der Waals surface area (Å²) in [4.78, 5) is 39.5. The van der Waals surface area contributed by atoms with E-state index >= 15 is 0 Å². The lowest BCUT2D eigenvalue weighted by molar-refractivity contribution is -0.152. The molecule has 0 bridgehead atoms. The zero-order valence-corrected chi connectivity index (χ0v) is 18.6. The molecule has 6 nitrogen and oxygen atoms in total. The van der Waals surface area contributed by atoms with Crippen molar-refractivity contribution in [2.45, 2.75) is 78.6 Å². The number of amides is 1. The number of carbonyl (C=O) groups excluding carboxylic acids is 3. The lowest BCUT2D eigenvalue weighted by Gasteiger charge is -2.45. The maximum atomic E-state index is 13.8. The van der Waals surface area contributed by atoms with Crippen molar-refractivity contribution in [2.24, 2.45) is 29.1 Å². The predicted octanol–water partition coefficient (Wildman–Crippen LogP) is 2.34. The molecule has 3 N–H and O–H groups in total. The molecule has 1 amide bonds. The van der Waals surface area contributed by atoms with Crippen LogP contribution in [0.1, 0.15) is 60.3 Å². The molecular formula is C24H35NO5. The van der Waals surface area contributed by atoms with Gasteiger partial charge in [0.1, 0.15) is 17.6 Å². The average molecular weight is 418 g/mol. The second-order valence-electron chi connectivity index (χ2n) is 9.94. The van der Waals surface area contributed by atoms with Crippen molar-refractivity contribution < 1.29 is 24.6 Å². The zero-order chi connectivity index (χ0) is 22.4. The molecule has 1 saturated heterocycles. The second kappa shape index (κ2) is 8.39. The number of aliphatic hydroxyl groups excluding tert-OH is 2. The van der Waals surface area contributed by atoms with Crippen LogP contribution in [0.25, 0.3) is 0 Å². The van der Waals surface area contributed by atoms with Gasteiger partial charge in [-0.05, 0) is 38.5 Å². The third kappa shape index (κ3) is 3.69. The van der Waals surface area contributed by atoms with Crippen molar-refractivity contribution in [2.75, 3.05) is 0 Å². The van der Waals surface area contributed by atoms with Crippen LogP contribution in [-0.4, -0.2) is 45.9 Å². The fourth-order valence-corrected chi connectivity index (χ4v) is 5.75. The van der Waals surface area contributed by atoms with Gasteiger partial charge in [-0.15, -0.1) is 0 Å². The van der Waals surface area contributed by atoms with Gasteiger partial charge in [0, 0.05) is 30.7 Å². The number of carbonyl (C=O) groups is 3. The van der Waals surface area contributed by atoms with E-state index in [1.165, 1.54) is 0 Å². The van der Waals surface area contributed by atoms with E-state index in [0.717, 1.165) is 17.6 Å². The van der Waals surface area contributed by atoms with E-state index in [1.807, 2.05) is 32.9 Å². The Balaban J connectivity index is 2.21. The largest absolute Gasteiger partial charge is 0.385 e. The number of ketones is 2. The Morgan fingerprint density at radius 3 is 2.40 bits per heavy atom. The van der Waals surface area contributed by atoms with Crippen molar-refractivity contribution >= 4 is 17.5 Å². The maximum Gasteiger partial charge on any atom is 0.235 e. The van der Waals surface area contributed by atoms with Gasteiger partial charge in [-0.3, -0.25) is 14.4 Å². The minimum absolute atomic E-state index is 0.00881. The molecule has 1 heterocycles. The topological polar surface area (TPSA) is 104 Å². The predicted molar refractivity (Wildman–Crippen MR) is 113 cm³/mol. The summed E-state index contributed by atoms with van der Waals surface area (Å²) in [6, 6.07) is -0.166. The Labute approximate surface area is 178 Å². The first-order chi connectivity index (χ1) is 14.0. The molecule has 2 aliphatic carbocycles. The summed E-state index contributed by atoms with van der Waals surface area (Å²) in [7, 11) is 0. The van der Waals surface area contributed by atoms with Gasteiger partial charge < -0.3 is 15.5 Å². The monoisotopic (exact) mass is 417 g/mol. The molecule has 166 valence electrons. The van der Waals surface area contributed by atoms with Gasteiger partial charge in [-0.25, -0.2) is 0 Å². The maximum absolute atomic E-state index is 13.8. The SMILES string of the molecule is CC1=C[C@@H]2/C=C(\C)CCC(=O)[C@@H](O)C[C@@H](O)C(=O)[C@]23C(=O)N[C@@H](CC(C)C)[C@@H]3[C@@H]1C. The highest BCUT2D eigenvalue weighted by atomic mass is 16.3. The van der Waals surface area contributed by atoms with Gasteiger partial charge in [0.05, 0.1) is 0 Å². The third-order valence-corrected chi connectivity index (χ3v) is 7.36. The molecule has 6 heteroatoms. The number of nitrogens with one attached hydrogen (secondary N) is 1. The van der Waals surface area contributed by atoms with E-state index in [4.69, 9.17) is 0 Å². The molecule has 7 atom stereocenters. The molecule has 1 fully saturated rings. The molecule has 0 radical (unpaired) electrons. The van der Waals surface area contributed by atoms with Crippen LogP contribution in [0, 0.1) is 29.1 Å². The second-order valence-corrected chi connectivity index (χ2v) is 9.94. The van der Waals surface area contributed by atoms with Gasteiger partial charge in [0.2, 0.25) is 5.91 Å². The number of hydrogen-bond acceptors (Lipinski definition) is 5. The van der Waals surface area contributed by atoms with Gasteiger partial charge in [-0.1, -0.05) is 44.1 Å². The summed E-state index contributed by atoms with van der Waals surface area (Å²) in [6.45, 7) is 10.1. The van der Waals surface area contributed by atoms with E-state index in [1.54, 1.807) is 0 Å². The molecule has 0 aromatic carbocycles. The Bertz CT molecular complexity index is 797. The molecular weight excluding hydrogens is 382 g/mol. The van der Waals surface area contributed by atoms with Crippen LogP contribution in [0.2, 0.25) is 0 Å². The number of aliphatic hydroxyl groups is 2. The molecule has 0 aromatic heterocycles. The molecule has 0 unspecified atom stereocenters. The van der Waals surface area contributed by atoms with Crippen molar-refractivity contribution in [1.29, 1.82) is 0 Å². The molecule has 0 saturated carbocycles. The lowest BCUT2D eigenvalue weighted by atomic mass is 9.54. The van der Waals surface area contributed by atoms with E-state index in [-0.39, 0.29) is 42.4 Å². The third-order valence-electron chi connectivity index (χ3n) is 7.36. The van der Waals surface area contributed by atoms with E-state index in [0.29, 0.717) is 12.3 Å². The fraction of sp³-hybridized carbons (Fsp3) is 0.708. The normalized spacial score (nSPS) is 41.9. The van der Waals surface area contributed by atoms with Crippen LogP contribution in [0.15, 0.2) is 23.3 Å². The molecule has 0 aromatic rings. The smallest absolute Gasteiger partial charge is 0.235 e. The van der Waals surface area contributed by atoms with Crippen LogP contribution in [0.4, 0.5) is 0 Å². The summed E-state index contributed by atoms with van der Waals surface area (Å²) in [5, 5.41) is 24.1. The number of rotatable bonds is 2. The molecule has 3 rings (SSSR count). The zero-order valence-electron chi connectivity index (χ0n) is 18.6.